The number of carbonyl (C=O) groups is 1. The highest BCUT2D eigenvalue weighted by Gasteiger charge is 2.35. The summed E-state index contributed by atoms with van der Waals surface area (Å²) in [5.74, 6) is 0.938. The van der Waals surface area contributed by atoms with Crippen LogP contribution in [0.1, 0.15) is 20.8 Å². The van der Waals surface area contributed by atoms with E-state index in [1.165, 1.54) is 6.92 Å². The number of allylic oxidation sites excluding steroid dienone is 1. The fraction of sp³-hybridized carbons (Fsp3) is 0.467. The molecule has 0 saturated heterocycles. The molecule has 22 heavy (non-hydrogen) atoms. The van der Waals surface area contributed by atoms with Crippen molar-refractivity contribution in [2.75, 3.05) is 26.9 Å². The fourth-order valence-corrected chi connectivity index (χ4v) is 2.94. The van der Waals surface area contributed by atoms with E-state index >= 15 is 0 Å². The van der Waals surface area contributed by atoms with Crippen LogP contribution in [0.5, 0.6) is 0 Å². The van der Waals surface area contributed by atoms with Crippen molar-refractivity contribution in [2.24, 2.45) is 4.99 Å². The van der Waals surface area contributed by atoms with Crippen LogP contribution in [0.4, 0.5) is 0 Å². The van der Waals surface area contributed by atoms with Crippen LogP contribution >= 0.6 is 0 Å². The van der Waals surface area contributed by atoms with Gasteiger partial charge in [-0.1, -0.05) is 0 Å². The van der Waals surface area contributed by atoms with E-state index in [-0.39, 0.29) is 5.91 Å². The molecule has 0 aromatic carbocycles. The molecule has 0 saturated carbocycles. The average molecular weight is 303 g/mol. The Bertz CT molecular complexity index is 632. The van der Waals surface area contributed by atoms with Gasteiger partial charge in [0.15, 0.2) is 0 Å². The molecule has 0 aromatic heterocycles. The van der Waals surface area contributed by atoms with E-state index in [1.54, 1.807) is 12.2 Å². The van der Waals surface area contributed by atoms with Gasteiger partial charge in [0.2, 0.25) is 5.91 Å². The first-order valence-corrected chi connectivity index (χ1v) is 7.36. The number of nitrogens with one attached hydrogen (secondary N) is 1. The standard InChI is InChI=1S/C15H21N5O2/c1-5-18-7-10(2)13(17-11(3)21)14-15(18)20-9-19(22-4)8-12(20)6-16-14/h6,8H,5,7,9H2,1-4H3,(H,17,21). The SMILES string of the molecule is CCN1CC(C)=C(NC(C)=O)C2=C1N1CN(OC)C=C1C=N2. The first-order valence-electron chi connectivity index (χ1n) is 7.36. The van der Waals surface area contributed by atoms with Gasteiger partial charge in [0.1, 0.15) is 18.2 Å². The van der Waals surface area contributed by atoms with E-state index in [1.807, 2.05) is 19.3 Å². The molecule has 0 aromatic rings. The first kappa shape index (κ1) is 14.6. The van der Waals surface area contributed by atoms with Crippen LogP contribution in [-0.2, 0) is 9.63 Å². The van der Waals surface area contributed by atoms with Crippen LogP contribution in [0.3, 0.4) is 0 Å². The Morgan fingerprint density at radius 1 is 1.50 bits per heavy atom. The molecule has 1 amide bonds. The molecule has 7 heteroatoms. The second kappa shape index (κ2) is 5.49. The summed E-state index contributed by atoms with van der Waals surface area (Å²) in [5, 5.41) is 4.69. The highest BCUT2D eigenvalue weighted by Crippen LogP contribution is 2.35. The predicted molar refractivity (Wildman–Crippen MR) is 82.9 cm³/mol. The Hall–Kier alpha value is -2.28. The molecule has 0 fully saturated rings. The Morgan fingerprint density at radius 2 is 2.27 bits per heavy atom. The van der Waals surface area contributed by atoms with Gasteiger partial charge < -0.3 is 15.1 Å². The van der Waals surface area contributed by atoms with Gasteiger partial charge in [-0.25, -0.2) is 10.1 Å². The van der Waals surface area contributed by atoms with E-state index < -0.39 is 0 Å². The van der Waals surface area contributed by atoms with Gasteiger partial charge in [0.25, 0.3) is 0 Å². The van der Waals surface area contributed by atoms with Crippen molar-refractivity contribution in [1.82, 2.24) is 20.2 Å². The second-order valence-corrected chi connectivity index (χ2v) is 5.50. The molecule has 3 heterocycles. The van der Waals surface area contributed by atoms with Crippen LogP contribution in [0.15, 0.2) is 39.7 Å². The summed E-state index contributed by atoms with van der Waals surface area (Å²) in [4.78, 5) is 25.8. The average Bonchev–Trinajstić information content (AvgIpc) is 2.92. The number of amides is 1. The molecule has 0 atom stereocenters. The molecule has 3 aliphatic rings. The molecule has 0 radical (unpaired) electrons. The van der Waals surface area contributed by atoms with Gasteiger partial charge in [-0.2, -0.15) is 0 Å². The number of likely N-dealkylation sites (N-methyl/N-ethyl adjacent to an activating group) is 1. The number of rotatable bonds is 3. The predicted octanol–water partition coefficient (Wildman–Crippen LogP) is 0.963. The van der Waals surface area contributed by atoms with Crippen molar-refractivity contribution in [1.29, 1.82) is 0 Å². The molecular weight excluding hydrogens is 282 g/mol. The Kier molecular flexibility index (Phi) is 3.66. The smallest absolute Gasteiger partial charge is 0.221 e. The van der Waals surface area contributed by atoms with Crippen molar-refractivity contribution in [2.45, 2.75) is 20.8 Å². The van der Waals surface area contributed by atoms with Gasteiger partial charge in [-0.05, 0) is 19.4 Å². The summed E-state index contributed by atoms with van der Waals surface area (Å²) in [6, 6.07) is 0. The molecule has 0 aliphatic carbocycles. The highest BCUT2D eigenvalue weighted by molar-refractivity contribution is 5.83. The normalized spacial score (nSPS) is 20.4. The van der Waals surface area contributed by atoms with E-state index in [2.05, 4.69) is 27.0 Å². The maximum atomic E-state index is 11.5. The van der Waals surface area contributed by atoms with E-state index in [0.717, 1.165) is 41.6 Å². The summed E-state index contributed by atoms with van der Waals surface area (Å²) in [5.41, 5.74) is 3.73. The number of hydrogen-bond donors (Lipinski definition) is 1. The maximum absolute atomic E-state index is 11.5. The largest absolute Gasteiger partial charge is 0.352 e. The van der Waals surface area contributed by atoms with Gasteiger partial charge >= 0.3 is 0 Å². The van der Waals surface area contributed by atoms with Crippen molar-refractivity contribution in [3.05, 3.63) is 34.7 Å². The monoisotopic (exact) mass is 303 g/mol. The molecule has 7 nitrogen and oxygen atoms in total. The number of hydroxylamine groups is 2. The van der Waals surface area contributed by atoms with Crippen LogP contribution in [0.25, 0.3) is 0 Å². The minimum absolute atomic E-state index is 0.0809. The van der Waals surface area contributed by atoms with Crippen molar-refractivity contribution >= 4 is 12.1 Å². The van der Waals surface area contributed by atoms with Crippen LogP contribution in [0.2, 0.25) is 0 Å². The minimum Gasteiger partial charge on any atom is -0.352 e. The van der Waals surface area contributed by atoms with Gasteiger partial charge in [0.05, 0.1) is 30.9 Å². The minimum atomic E-state index is -0.0809. The lowest BCUT2D eigenvalue weighted by atomic mass is 10.1. The van der Waals surface area contributed by atoms with Crippen molar-refractivity contribution in [3.63, 3.8) is 0 Å². The summed E-state index contributed by atoms with van der Waals surface area (Å²) < 4.78 is 0. The number of nitrogens with zero attached hydrogens (tertiary/aromatic N) is 4. The summed E-state index contributed by atoms with van der Waals surface area (Å²) in [7, 11) is 1.65. The summed E-state index contributed by atoms with van der Waals surface area (Å²) in [6.45, 7) is 7.93. The number of hydrogen-bond acceptors (Lipinski definition) is 6. The number of aliphatic imine (C=N–C) groups is 1. The third-order valence-corrected chi connectivity index (χ3v) is 3.97. The molecule has 0 unspecified atom stereocenters. The van der Waals surface area contributed by atoms with Crippen LogP contribution in [0, 0.1) is 0 Å². The van der Waals surface area contributed by atoms with E-state index in [9.17, 15) is 4.79 Å². The zero-order valence-corrected chi connectivity index (χ0v) is 13.4. The summed E-state index contributed by atoms with van der Waals surface area (Å²) >= 11 is 0. The Labute approximate surface area is 130 Å². The zero-order chi connectivity index (χ0) is 15.9. The zero-order valence-electron chi connectivity index (χ0n) is 13.4. The molecule has 0 bridgehead atoms. The number of carbonyl (C=O) groups excluding carboxylic acids is 1. The van der Waals surface area contributed by atoms with Gasteiger partial charge in [-0.15, -0.1) is 0 Å². The number of fused-ring (bicyclic) bond motifs is 2. The third-order valence-electron chi connectivity index (χ3n) is 3.97. The first-order chi connectivity index (χ1) is 10.5. The fourth-order valence-electron chi connectivity index (χ4n) is 2.94. The van der Waals surface area contributed by atoms with Crippen molar-refractivity contribution in [3.8, 4) is 0 Å². The Balaban J connectivity index is 2.05. The molecule has 118 valence electrons. The quantitative estimate of drug-likeness (QED) is 0.841. The van der Waals surface area contributed by atoms with E-state index in [0.29, 0.717) is 6.67 Å². The third kappa shape index (κ3) is 2.27. The molecule has 1 N–H and O–H groups in total. The second-order valence-electron chi connectivity index (χ2n) is 5.50. The van der Waals surface area contributed by atoms with Gasteiger partial charge in [-0.3, -0.25) is 9.63 Å². The van der Waals surface area contributed by atoms with Gasteiger partial charge in [0, 0.05) is 20.0 Å². The lowest BCUT2D eigenvalue weighted by Crippen LogP contribution is -2.43. The van der Waals surface area contributed by atoms with Crippen molar-refractivity contribution < 1.29 is 9.63 Å². The lowest BCUT2D eigenvalue weighted by Gasteiger charge is -2.40. The maximum Gasteiger partial charge on any atom is 0.221 e. The van der Waals surface area contributed by atoms with E-state index in [4.69, 9.17) is 4.84 Å². The van der Waals surface area contributed by atoms with Crippen LogP contribution < -0.4 is 5.32 Å². The molecular formula is C15H21N5O2. The Morgan fingerprint density at radius 3 is 2.91 bits per heavy atom. The van der Waals surface area contributed by atoms with Crippen LogP contribution in [-0.4, -0.2) is 53.9 Å². The topological polar surface area (TPSA) is 60.4 Å². The molecule has 3 aliphatic heterocycles. The summed E-state index contributed by atoms with van der Waals surface area (Å²) in [6.07, 6.45) is 3.73. The highest BCUT2D eigenvalue weighted by atomic mass is 16.7. The molecule has 0 spiro atoms. The lowest BCUT2D eigenvalue weighted by molar-refractivity contribution is -0.118. The molecule has 3 rings (SSSR count).